The molecule has 5 N–H and O–H groups in total. The van der Waals surface area contributed by atoms with E-state index < -0.39 is 6.04 Å². The first-order chi connectivity index (χ1) is 16.2. The van der Waals surface area contributed by atoms with Crippen LogP contribution < -0.4 is 21.7 Å². The topological polar surface area (TPSA) is 96.2 Å². The van der Waals surface area contributed by atoms with Gasteiger partial charge in [-0.25, -0.2) is 0 Å². The number of nitrogens with one attached hydrogen (secondary N) is 3. The maximum absolute atomic E-state index is 12.6. The van der Waals surface area contributed by atoms with Crippen LogP contribution >= 0.6 is 0 Å². The van der Waals surface area contributed by atoms with Crippen LogP contribution in [0.25, 0.3) is 11.1 Å². The fourth-order valence-electron chi connectivity index (χ4n) is 3.51. The highest BCUT2D eigenvalue weighted by atomic mass is 16.2. The van der Waals surface area contributed by atoms with Crippen molar-refractivity contribution in [2.45, 2.75) is 25.4 Å². The minimum atomic E-state index is -0.635. The van der Waals surface area contributed by atoms with Gasteiger partial charge < -0.3 is 21.7 Å². The number of benzene rings is 3. The van der Waals surface area contributed by atoms with Gasteiger partial charge in [-0.05, 0) is 35.2 Å². The van der Waals surface area contributed by atoms with Crippen LogP contribution in [0.2, 0.25) is 0 Å². The monoisotopic (exact) mass is 444 g/mol. The molecule has 3 aromatic rings. The lowest BCUT2D eigenvalue weighted by atomic mass is 10.0. The van der Waals surface area contributed by atoms with E-state index in [9.17, 15) is 9.59 Å². The molecule has 0 heterocycles. The maximum atomic E-state index is 12.6. The van der Waals surface area contributed by atoms with Gasteiger partial charge in [0.1, 0.15) is 6.04 Å². The lowest BCUT2D eigenvalue weighted by Crippen LogP contribution is -2.50. The van der Waals surface area contributed by atoms with Crippen molar-refractivity contribution in [1.82, 2.24) is 16.0 Å². The summed E-state index contributed by atoms with van der Waals surface area (Å²) in [6.45, 7) is 1.69. The zero-order valence-corrected chi connectivity index (χ0v) is 18.8. The Morgan fingerprint density at radius 2 is 1.42 bits per heavy atom. The van der Waals surface area contributed by atoms with E-state index in [4.69, 9.17) is 5.73 Å². The molecule has 0 unspecified atom stereocenters. The zero-order valence-electron chi connectivity index (χ0n) is 18.8. The number of hydrogen-bond acceptors (Lipinski definition) is 4. The van der Waals surface area contributed by atoms with Crippen molar-refractivity contribution >= 4 is 11.8 Å². The Bertz CT molecular complexity index is 992. The first-order valence-electron chi connectivity index (χ1n) is 11.3. The summed E-state index contributed by atoms with van der Waals surface area (Å²) >= 11 is 0. The molecule has 0 aromatic heterocycles. The Balaban J connectivity index is 1.50. The molecular weight excluding hydrogens is 412 g/mol. The predicted octanol–water partition coefficient (Wildman–Crippen LogP) is 2.64. The van der Waals surface area contributed by atoms with Crippen LogP contribution in [-0.4, -0.2) is 37.5 Å². The number of carbonyl (C=O) groups is 2. The molecule has 0 spiro atoms. The van der Waals surface area contributed by atoms with E-state index in [1.807, 2.05) is 48.5 Å². The summed E-state index contributed by atoms with van der Waals surface area (Å²) in [6, 6.07) is 27.5. The highest BCUT2D eigenvalue weighted by Gasteiger charge is 2.20. The molecule has 0 radical (unpaired) electrons. The van der Waals surface area contributed by atoms with E-state index in [-0.39, 0.29) is 18.4 Å². The molecule has 0 saturated heterocycles. The fourth-order valence-corrected chi connectivity index (χ4v) is 3.51. The van der Waals surface area contributed by atoms with Crippen LogP contribution in [-0.2, 0) is 22.6 Å². The molecule has 3 aromatic carbocycles. The van der Waals surface area contributed by atoms with Gasteiger partial charge in [0.05, 0.1) is 6.54 Å². The minimum absolute atomic E-state index is 0.127. The van der Waals surface area contributed by atoms with E-state index in [2.05, 4.69) is 52.3 Å². The third-order valence-corrected chi connectivity index (χ3v) is 5.29. The molecule has 0 bridgehead atoms. The van der Waals surface area contributed by atoms with Gasteiger partial charge >= 0.3 is 0 Å². The van der Waals surface area contributed by atoms with Gasteiger partial charge in [-0.1, -0.05) is 84.9 Å². The molecule has 0 aliphatic heterocycles. The smallest absolute Gasteiger partial charge is 0.242 e. The van der Waals surface area contributed by atoms with Crippen LogP contribution in [0.5, 0.6) is 0 Å². The number of carbonyl (C=O) groups excluding carboxylic acids is 2. The Morgan fingerprint density at radius 3 is 2.09 bits per heavy atom. The summed E-state index contributed by atoms with van der Waals surface area (Å²) in [5, 5.41) is 8.88. The minimum Gasteiger partial charge on any atom is -0.354 e. The molecule has 1 atom stereocenters. The largest absolute Gasteiger partial charge is 0.354 e. The summed E-state index contributed by atoms with van der Waals surface area (Å²) in [4.78, 5) is 25.1. The third kappa shape index (κ3) is 8.18. The first kappa shape index (κ1) is 24.2. The number of amides is 2. The standard InChI is InChI=1S/C27H32N4O2/c28-16-7-17-30-27(33)25(18-21-8-3-1-4-9-21)31-26(32)20-29-19-22-12-14-24(15-13-22)23-10-5-2-6-11-23/h1-6,8-15,25,29H,7,16-20,28H2,(H,30,33)(H,31,32)/t25-/m0/s1. The molecular formula is C27H32N4O2. The number of hydrogen-bond donors (Lipinski definition) is 4. The second-order valence-electron chi connectivity index (χ2n) is 7.91. The SMILES string of the molecule is NCCCNC(=O)[C@H](Cc1ccccc1)NC(=O)CNCc1ccc(-c2ccccc2)cc1. The highest BCUT2D eigenvalue weighted by Crippen LogP contribution is 2.19. The van der Waals surface area contributed by atoms with Crippen LogP contribution in [0.1, 0.15) is 17.5 Å². The van der Waals surface area contributed by atoms with Gasteiger partial charge in [0, 0.05) is 19.5 Å². The molecule has 0 fully saturated rings. The van der Waals surface area contributed by atoms with Gasteiger partial charge in [0.2, 0.25) is 11.8 Å². The van der Waals surface area contributed by atoms with E-state index in [0.29, 0.717) is 32.5 Å². The van der Waals surface area contributed by atoms with Crippen molar-refractivity contribution in [2.75, 3.05) is 19.6 Å². The predicted molar refractivity (Wildman–Crippen MR) is 132 cm³/mol. The van der Waals surface area contributed by atoms with Crippen LogP contribution in [0, 0.1) is 0 Å². The van der Waals surface area contributed by atoms with Crippen LogP contribution in [0.4, 0.5) is 0 Å². The molecule has 6 nitrogen and oxygen atoms in total. The third-order valence-electron chi connectivity index (χ3n) is 5.29. The van der Waals surface area contributed by atoms with E-state index >= 15 is 0 Å². The van der Waals surface area contributed by atoms with Crippen molar-refractivity contribution < 1.29 is 9.59 Å². The lowest BCUT2D eigenvalue weighted by molar-refractivity contribution is -0.128. The summed E-state index contributed by atoms with van der Waals surface area (Å²) in [5.74, 6) is -0.414. The molecule has 2 amide bonds. The molecule has 0 saturated carbocycles. The van der Waals surface area contributed by atoms with Crippen molar-refractivity contribution in [2.24, 2.45) is 5.73 Å². The average Bonchev–Trinajstić information content (AvgIpc) is 2.85. The van der Waals surface area contributed by atoms with Crippen LogP contribution in [0.3, 0.4) is 0 Å². The Hall–Kier alpha value is -3.48. The maximum Gasteiger partial charge on any atom is 0.242 e. The lowest BCUT2D eigenvalue weighted by Gasteiger charge is -2.19. The molecule has 0 aliphatic rings. The summed E-state index contributed by atoms with van der Waals surface area (Å²) < 4.78 is 0. The average molecular weight is 445 g/mol. The normalized spacial score (nSPS) is 11.5. The Kier molecular flexibility index (Phi) is 9.63. The Morgan fingerprint density at radius 1 is 0.788 bits per heavy atom. The summed E-state index contributed by atoms with van der Waals surface area (Å²) in [5.41, 5.74) is 9.91. The van der Waals surface area contributed by atoms with Gasteiger partial charge in [0.25, 0.3) is 0 Å². The van der Waals surface area contributed by atoms with Crippen molar-refractivity contribution in [3.63, 3.8) is 0 Å². The van der Waals surface area contributed by atoms with Crippen molar-refractivity contribution in [1.29, 1.82) is 0 Å². The van der Waals surface area contributed by atoms with Crippen LogP contribution in [0.15, 0.2) is 84.9 Å². The summed E-state index contributed by atoms with van der Waals surface area (Å²) in [7, 11) is 0. The van der Waals surface area contributed by atoms with Gasteiger partial charge in [-0.3, -0.25) is 9.59 Å². The van der Waals surface area contributed by atoms with Gasteiger partial charge in [-0.2, -0.15) is 0 Å². The van der Waals surface area contributed by atoms with Gasteiger partial charge in [-0.15, -0.1) is 0 Å². The van der Waals surface area contributed by atoms with E-state index in [0.717, 1.165) is 16.7 Å². The second-order valence-corrected chi connectivity index (χ2v) is 7.91. The number of nitrogens with two attached hydrogens (primary N) is 1. The van der Waals surface area contributed by atoms with Crippen molar-refractivity contribution in [3.05, 3.63) is 96.1 Å². The Labute approximate surface area is 195 Å². The fraction of sp³-hybridized carbons (Fsp3) is 0.259. The zero-order chi connectivity index (χ0) is 23.3. The second kappa shape index (κ2) is 13.2. The quantitative estimate of drug-likeness (QED) is 0.323. The van der Waals surface area contributed by atoms with E-state index in [1.165, 1.54) is 5.56 Å². The van der Waals surface area contributed by atoms with E-state index in [1.54, 1.807) is 0 Å². The molecule has 0 aliphatic carbocycles. The number of rotatable bonds is 12. The molecule has 172 valence electrons. The summed E-state index contributed by atoms with van der Waals surface area (Å²) in [6.07, 6.45) is 1.13. The van der Waals surface area contributed by atoms with Gasteiger partial charge in [0.15, 0.2) is 0 Å². The molecule has 6 heteroatoms. The molecule has 33 heavy (non-hydrogen) atoms. The highest BCUT2D eigenvalue weighted by molar-refractivity contribution is 5.88. The van der Waals surface area contributed by atoms with Crippen molar-refractivity contribution in [3.8, 4) is 11.1 Å². The molecule has 3 rings (SSSR count). The first-order valence-corrected chi connectivity index (χ1v) is 11.3.